The number of ether oxygens (including phenoxy) is 1. The van der Waals surface area contributed by atoms with E-state index >= 15 is 0 Å². The minimum Gasteiger partial charge on any atom is -0.403 e. The maximum absolute atomic E-state index is 12.5. The molecule has 0 amide bonds. The molecule has 1 fully saturated rings. The van der Waals surface area contributed by atoms with Crippen molar-refractivity contribution in [1.82, 2.24) is 10.2 Å². The molecule has 0 atom stereocenters. The second kappa shape index (κ2) is 5.36. The summed E-state index contributed by atoms with van der Waals surface area (Å²) in [6.07, 6.45) is -4.35. The summed E-state index contributed by atoms with van der Waals surface area (Å²) >= 11 is 0. The lowest BCUT2D eigenvalue weighted by atomic mass is 10.1. The zero-order valence-electron chi connectivity index (χ0n) is 10.9. The molecule has 0 radical (unpaired) electrons. The van der Waals surface area contributed by atoms with Crippen molar-refractivity contribution in [3.8, 4) is 11.5 Å². The van der Waals surface area contributed by atoms with Crippen LogP contribution >= 0.6 is 0 Å². The monoisotopic (exact) mass is 299 g/mol. The average molecular weight is 299 g/mol. The van der Waals surface area contributed by atoms with Gasteiger partial charge in [0.05, 0.1) is 18.8 Å². The molecule has 0 spiro atoms. The van der Waals surface area contributed by atoms with Gasteiger partial charge in [0.1, 0.15) is 0 Å². The van der Waals surface area contributed by atoms with Crippen molar-refractivity contribution < 1.29 is 22.3 Å². The van der Waals surface area contributed by atoms with Gasteiger partial charge in [0.25, 0.3) is 0 Å². The van der Waals surface area contributed by atoms with Gasteiger partial charge in [-0.1, -0.05) is 5.10 Å². The van der Waals surface area contributed by atoms with Crippen molar-refractivity contribution in [2.24, 2.45) is 0 Å². The molecule has 5 nitrogen and oxygen atoms in total. The van der Waals surface area contributed by atoms with Crippen LogP contribution in [0.5, 0.6) is 0 Å². The standard InChI is InChI=1S/C13H12F3N3O2/c14-13(15,16)10-3-1-9(2-4-10)11-17-18-12(21-11)19-5-7-20-8-6-19/h1-4H,5-8H2. The first kappa shape index (κ1) is 13.9. The van der Waals surface area contributed by atoms with Crippen molar-refractivity contribution in [1.29, 1.82) is 0 Å². The smallest absolute Gasteiger partial charge is 0.403 e. The van der Waals surface area contributed by atoms with Crippen LogP contribution in [0.2, 0.25) is 0 Å². The summed E-state index contributed by atoms with van der Waals surface area (Å²) in [6.45, 7) is 2.46. The number of halogens is 3. The lowest BCUT2D eigenvalue weighted by Crippen LogP contribution is -2.36. The Morgan fingerprint density at radius 3 is 2.29 bits per heavy atom. The van der Waals surface area contributed by atoms with E-state index in [1.807, 2.05) is 4.90 Å². The summed E-state index contributed by atoms with van der Waals surface area (Å²) in [5.74, 6) is 0.199. The van der Waals surface area contributed by atoms with E-state index in [1.54, 1.807) is 0 Å². The maximum atomic E-state index is 12.5. The molecule has 0 bridgehead atoms. The van der Waals surface area contributed by atoms with E-state index in [2.05, 4.69) is 10.2 Å². The predicted octanol–water partition coefficient (Wildman–Crippen LogP) is 2.59. The normalized spacial score (nSPS) is 16.2. The largest absolute Gasteiger partial charge is 0.416 e. The molecule has 2 aromatic rings. The second-order valence-electron chi connectivity index (χ2n) is 4.56. The van der Waals surface area contributed by atoms with E-state index in [-0.39, 0.29) is 5.89 Å². The fraction of sp³-hybridized carbons (Fsp3) is 0.385. The topological polar surface area (TPSA) is 51.4 Å². The summed E-state index contributed by atoms with van der Waals surface area (Å²) in [6, 6.07) is 4.98. The van der Waals surface area contributed by atoms with Crippen LogP contribution in [0.15, 0.2) is 28.7 Å². The van der Waals surface area contributed by atoms with E-state index in [4.69, 9.17) is 9.15 Å². The Labute approximate surface area is 118 Å². The van der Waals surface area contributed by atoms with Crippen molar-refractivity contribution >= 4 is 6.01 Å². The highest BCUT2D eigenvalue weighted by Crippen LogP contribution is 2.31. The Kier molecular flexibility index (Phi) is 3.54. The third-order valence-electron chi connectivity index (χ3n) is 3.16. The number of morpholine rings is 1. The highest BCUT2D eigenvalue weighted by atomic mass is 19.4. The minimum atomic E-state index is -4.35. The van der Waals surface area contributed by atoms with Crippen LogP contribution in [0.25, 0.3) is 11.5 Å². The number of hydrogen-bond donors (Lipinski definition) is 0. The predicted molar refractivity (Wildman–Crippen MR) is 67.8 cm³/mol. The Morgan fingerprint density at radius 2 is 1.67 bits per heavy atom. The van der Waals surface area contributed by atoms with Crippen molar-refractivity contribution in [2.45, 2.75) is 6.18 Å². The van der Waals surface area contributed by atoms with Gasteiger partial charge in [0.15, 0.2) is 0 Å². The lowest BCUT2D eigenvalue weighted by Gasteiger charge is -2.24. The van der Waals surface area contributed by atoms with Gasteiger partial charge < -0.3 is 14.1 Å². The molecule has 8 heteroatoms. The van der Waals surface area contributed by atoms with Crippen LogP contribution in [0, 0.1) is 0 Å². The Balaban J connectivity index is 1.79. The second-order valence-corrected chi connectivity index (χ2v) is 4.56. The summed E-state index contributed by atoms with van der Waals surface area (Å²) in [5.41, 5.74) is -0.255. The quantitative estimate of drug-likeness (QED) is 0.853. The number of rotatable bonds is 2. The van der Waals surface area contributed by atoms with Gasteiger partial charge >= 0.3 is 12.2 Å². The fourth-order valence-corrected chi connectivity index (χ4v) is 2.02. The van der Waals surface area contributed by atoms with Gasteiger partial charge in [0.2, 0.25) is 5.89 Å². The number of anilines is 1. The lowest BCUT2D eigenvalue weighted by molar-refractivity contribution is -0.137. The highest BCUT2D eigenvalue weighted by Gasteiger charge is 2.30. The number of hydrogen-bond acceptors (Lipinski definition) is 5. The van der Waals surface area contributed by atoms with E-state index in [0.717, 1.165) is 12.1 Å². The fourth-order valence-electron chi connectivity index (χ4n) is 2.02. The van der Waals surface area contributed by atoms with Crippen LogP contribution in [0.3, 0.4) is 0 Å². The highest BCUT2D eigenvalue weighted by molar-refractivity contribution is 5.54. The van der Waals surface area contributed by atoms with Crippen molar-refractivity contribution in [3.63, 3.8) is 0 Å². The van der Waals surface area contributed by atoms with E-state index in [0.29, 0.717) is 37.9 Å². The molecular formula is C13H12F3N3O2. The van der Waals surface area contributed by atoms with Gasteiger partial charge in [-0.3, -0.25) is 0 Å². The molecule has 0 unspecified atom stereocenters. The summed E-state index contributed by atoms with van der Waals surface area (Å²) in [5, 5.41) is 7.79. The first-order valence-corrected chi connectivity index (χ1v) is 6.38. The molecule has 1 saturated heterocycles. The molecule has 0 saturated carbocycles. The van der Waals surface area contributed by atoms with Crippen LogP contribution in [-0.4, -0.2) is 36.5 Å². The SMILES string of the molecule is FC(F)(F)c1ccc(-c2nnc(N3CCOCC3)o2)cc1. The van der Waals surface area contributed by atoms with E-state index < -0.39 is 11.7 Å². The molecular weight excluding hydrogens is 287 g/mol. The first-order chi connectivity index (χ1) is 10.0. The molecule has 3 rings (SSSR count). The van der Waals surface area contributed by atoms with Crippen molar-refractivity contribution in [2.75, 3.05) is 31.2 Å². The third-order valence-corrected chi connectivity index (χ3v) is 3.16. The van der Waals surface area contributed by atoms with Crippen molar-refractivity contribution in [3.05, 3.63) is 29.8 Å². The summed E-state index contributed by atoms with van der Waals surface area (Å²) in [7, 11) is 0. The number of aromatic nitrogens is 2. The van der Waals surface area contributed by atoms with E-state index in [9.17, 15) is 13.2 Å². The Bertz CT molecular complexity index is 604. The van der Waals surface area contributed by atoms with E-state index in [1.165, 1.54) is 12.1 Å². The molecule has 1 aliphatic heterocycles. The molecule has 1 aromatic carbocycles. The minimum absolute atomic E-state index is 0.199. The zero-order valence-corrected chi connectivity index (χ0v) is 10.9. The van der Waals surface area contributed by atoms with Gasteiger partial charge in [-0.05, 0) is 24.3 Å². The van der Waals surface area contributed by atoms with Gasteiger partial charge in [-0.25, -0.2) is 0 Å². The Morgan fingerprint density at radius 1 is 1.00 bits per heavy atom. The third kappa shape index (κ3) is 2.99. The van der Waals surface area contributed by atoms with Crippen LogP contribution in [0.1, 0.15) is 5.56 Å². The molecule has 0 aliphatic carbocycles. The molecule has 21 heavy (non-hydrogen) atoms. The molecule has 112 valence electrons. The zero-order chi connectivity index (χ0) is 14.9. The molecule has 1 aromatic heterocycles. The Hall–Kier alpha value is -2.09. The number of benzene rings is 1. The van der Waals surface area contributed by atoms with Crippen LogP contribution < -0.4 is 4.90 Å². The van der Waals surface area contributed by atoms with Gasteiger partial charge in [0, 0.05) is 18.7 Å². The van der Waals surface area contributed by atoms with Crippen LogP contribution in [-0.2, 0) is 10.9 Å². The van der Waals surface area contributed by atoms with Gasteiger partial charge in [-0.2, -0.15) is 13.2 Å². The summed E-state index contributed by atoms with van der Waals surface area (Å²) in [4.78, 5) is 1.88. The number of alkyl halides is 3. The number of nitrogens with zero attached hydrogens (tertiary/aromatic N) is 3. The molecule has 1 aliphatic rings. The first-order valence-electron chi connectivity index (χ1n) is 6.38. The maximum Gasteiger partial charge on any atom is 0.416 e. The summed E-state index contributed by atoms with van der Waals surface area (Å²) < 4.78 is 48.2. The molecule has 0 N–H and O–H groups in total. The van der Waals surface area contributed by atoms with Crippen LogP contribution in [0.4, 0.5) is 19.2 Å². The molecule has 2 heterocycles. The van der Waals surface area contributed by atoms with Gasteiger partial charge in [-0.15, -0.1) is 5.10 Å². The average Bonchev–Trinajstić information content (AvgIpc) is 2.97.